The number of halogens is 1. The van der Waals surface area contributed by atoms with Gasteiger partial charge in [0, 0.05) is 25.0 Å². The fraction of sp³-hybridized carbons (Fsp3) is 0.273. The maximum absolute atomic E-state index is 13.7. The Bertz CT molecular complexity index is 1070. The lowest BCUT2D eigenvalue weighted by Gasteiger charge is -2.31. The number of hydrogen-bond acceptors (Lipinski definition) is 4. The normalized spacial score (nSPS) is 16.3. The van der Waals surface area contributed by atoms with Crippen LogP contribution in [-0.2, 0) is 4.79 Å². The van der Waals surface area contributed by atoms with Gasteiger partial charge < -0.3 is 10.2 Å². The Hall–Kier alpha value is -3.55. The molecule has 0 spiro atoms. The average Bonchev–Trinajstić information content (AvgIpc) is 3.27. The third-order valence-electron chi connectivity index (χ3n) is 5.25. The monoisotopic (exact) mass is 407 g/mol. The molecule has 4 rings (SSSR count). The molecule has 0 bridgehead atoms. The molecule has 1 aromatic carbocycles. The molecule has 8 heteroatoms. The van der Waals surface area contributed by atoms with Crippen LogP contribution in [0.1, 0.15) is 28.9 Å². The van der Waals surface area contributed by atoms with Gasteiger partial charge in [-0.1, -0.05) is 12.1 Å². The zero-order chi connectivity index (χ0) is 21.1. The lowest BCUT2D eigenvalue weighted by Crippen LogP contribution is -2.43. The molecule has 30 heavy (non-hydrogen) atoms. The number of aromatic nitrogens is 3. The van der Waals surface area contributed by atoms with E-state index in [1.165, 1.54) is 6.07 Å². The second kappa shape index (κ2) is 8.44. The van der Waals surface area contributed by atoms with Crippen LogP contribution in [0.15, 0.2) is 48.7 Å². The van der Waals surface area contributed by atoms with Gasteiger partial charge in [0.1, 0.15) is 17.2 Å². The summed E-state index contributed by atoms with van der Waals surface area (Å²) in [6.07, 6.45) is 3.05. The van der Waals surface area contributed by atoms with Gasteiger partial charge >= 0.3 is 0 Å². The number of nitrogens with one attached hydrogen (secondary N) is 2. The first-order valence-electron chi connectivity index (χ1n) is 9.84. The van der Waals surface area contributed by atoms with Crippen LogP contribution in [0.4, 0.5) is 10.1 Å². The minimum absolute atomic E-state index is 0.205. The van der Waals surface area contributed by atoms with Crippen molar-refractivity contribution < 1.29 is 14.0 Å². The Morgan fingerprint density at radius 2 is 2.07 bits per heavy atom. The molecule has 0 saturated carbocycles. The van der Waals surface area contributed by atoms with Crippen molar-refractivity contribution in [2.75, 3.05) is 18.4 Å². The van der Waals surface area contributed by atoms with Crippen molar-refractivity contribution in [3.05, 3.63) is 65.7 Å². The summed E-state index contributed by atoms with van der Waals surface area (Å²) in [7, 11) is 0. The van der Waals surface area contributed by atoms with Gasteiger partial charge in [-0.15, -0.1) is 0 Å². The van der Waals surface area contributed by atoms with Crippen LogP contribution in [0, 0.1) is 18.7 Å². The SMILES string of the molecule is Cc1ccc(NC(=O)[C@@H]2CCCN(C(=O)c3cc(-c4ccccn4)n[nH]3)C2)cc1F. The van der Waals surface area contributed by atoms with Gasteiger partial charge in [-0.25, -0.2) is 4.39 Å². The molecule has 2 N–H and O–H groups in total. The molecule has 7 nitrogen and oxygen atoms in total. The van der Waals surface area contributed by atoms with Crippen LogP contribution in [0.5, 0.6) is 0 Å². The van der Waals surface area contributed by atoms with E-state index in [0.29, 0.717) is 54.3 Å². The van der Waals surface area contributed by atoms with E-state index in [-0.39, 0.29) is 23.5 Å². The number of carbonyl (C=O) groups excluding carboxylic acids is 2. The molecular weight excluding hydrogens is 385 g/mol. The van der Waals surface area contributed by atoms with Crippen molar-refractivity contribution in [1.29, 1.82) is 0 Å². The number of rotatable bonds is 4. The topological polar surface area (TPSA) is 91.0 Å². The van der Waals surface area contributed by atoms with E-state index in [1.807, 2.05) is 18.2 Å². The number of hydrogen-bond donors (Lipinski definition) is 2. The first-order chi connectivity index (χ1) is 14.5. The number of likely N-dealkylation sites (tertiary alicyclic amines) is 1. The number of benzene rings is 1. The van der Waals surface area contributed by atoms with Crippen molar-refractivity contribution in [3.63, 3.8) is 0 Å². The summed E-state index contributed by atoms with van der Waals surface area (Å²) in [5, 5.41) is 9.71. The van der Waals surface area contributed by atoms with E-state index in [9.17, 15) is 14.0 Å². The average molecular weight is 407 g/mol. The highest BCUT2D eigenvalue weighted by atomic mass is 19.1. The molecule has 1 saturated heterocycles. The fourth-order valence-electron chi connectivity index (χ4n) is 3.54. The van der Waals surface area contributed by atoms with Crippen molar-refractivity contribution in [1.82, 2.24) is 20.1 Å². The Labute approximate surface area is 173 Å². The molecule has 154 valence electrons. The molecule has 0 unspecified atom stereocenters. The summed E-state index contributed by atoms with van der Waals surface area (Å²) >= 11 is 0. The third-order valence-corrected chi connectivity index (χ3v) is 5.25. The van der Waals surface area contributed by atoms with Gasteiger partial charge in [-0.3, -0.25) is 19.7 Å². The fourth-order valence-corrected chi connectivity index (χ4v) is 3.54. The van der Waals surface area contributed by atoms with Crippen LogP contribution in [0.2, 0.25) is 0 Å². The highest BCUT2D eigenvalue weighted by Crippen LogP contribution is 2.22. The van der Waals surface area contributed by atoms with Gasteiger partial charge in [0.05, 0.1) is 11.6 Å². The molecule has 1 atom stereocenters. The first-order valence-corrected chi connectivity index (χ1v) is 9.84. The molecule has 3 aromatic rings. The van der Waals surface area contributed by atoms with Gasteiger partial charge in [0.15, 0.2) is 0 Å². The van der Waals surface area contributed by atoms with Crippen LogP contribution in [0.25, 0.3) is 11.4 Å². The summed E-state index contributed by atoms with van der Waals surface area (Å²) < 4.78 is 13.7. The number of nitrogens with zero attached hydrogens (tertiary/aromatic N) is 3. The molecule has 1 aliphatic heterocycles. The van der Waals surface area contributed by atoms with E-state index in [4.69, 9.17) is 0 Å². The number of piperidine rings is 1. The largest absolute Gasteiger partial charge is 0.337 e. The minimum atomic E-state index is -0.365. The summed E-state index contributed by atoms with van der Waals surface area (Å²) in [5.74, 6) is -1.14. The summed E-state index contributed by atoms with van der Waals surface area (Å²) in [6.45, 7) is 2.54. The van der Waals surface area contributed by atoms with Gasteiger partial charge in [-0.2, -0.15) is 5.10 Å². The highest BCUT2D eigenvalue weighted by molar-refractivity contribution is 5.95. The number of H-pyrrole nitrogens is 1. The van der Waals surface area contributed by atoms with Crippen LogP contribution >= 0.6 is 0 Å². The maximum atomic E-state index is 13.7. The maximum Gasteiger partial charge on any atom is 0.271 e. The number of pyridine rings is 1. The zero-order valence-corrected chi connectivity index (χ0v) is 16.6. The van der Waals surface area contributed by atoms with Crippen molar-refractivity contribution in [2.45, 2.75) is 19.8 Å². The van der Waals surface area contributed by atoms with E-state index in [2.05, 4.69) is 20.5 Å². The van der Waals surface area contributed by atoms with Crippen LogP contribution in [0.3, 0.4) is 0 Å². The molecule has 2 aromatic heterocycles. The minimum Gasteiger partial charge on any atom is -0.337 e. The molecule has 0 radical (unpaired) electrons. The van der Waals surface area contributed by atoms with Gasteiger partial charge in [0.2, 0.25) is 5.91 Å². The molecule has 0 aliphatic carbocycles. The quantitative estimate of drug-likeness (QED) is 0.693. The lowest BCUT2D eigenvalue weighted by atomic mass is 9.96. The molecule has 3 heterocycles. The number of amides is 2. The van der Waals surface area contributed by atoms with Crippen LogP contribution in [-0.4, -0.2) is 45.0 Å². The van der Waals surface area contributed by atoms with Crippen molar-refractivity contribution in [3.8, 4) is 11.4 Å². The predicted octanol–water partition coefficient (Wildman–Crippen LogP) is 3.41. The third kappa shape index (κ3) is 4.22. The Morgan fingerprint density at radius 3 is 2.83 bits per heavy atom. The highest BCUT2D eigenvalue weighted by Gasteiger charge is 2.30. The first kappa shape index (κ1) is 19.8. The smallest absolute Gasteiger partial charge is 0.271 e. The summed E-state index contributed by atoms with van der Waals surface area (Å²) in [5.41, 5.74) is 2.56. The van der Waals surface area contributed by atoms with Crippen LogP contribution < -0.4 is 5.32 Å². The molecule has 1 fully saturated rings. The Kier molecular flexibility index (Phi) is 5.56. The predicted molar refractivity (Wildman–Crippen MR) is 110 cm³/mol. The van der Waals surface area contributed by atoms with Gasteiger partial charge in [0.25, 0.3) is 5.91 Å². The molecule has 1 aliphatic rings. The van der Waals surface area contributed by atoms with Gasteiger partial charge in [-0.05, 0) is 55.7 Å². The van der Waals surface area contributed by atoms with E-state index in [0.717, 1.165) is 0 Å². The number of carbonyl (C=O) groups is 2. The summed E-state index contributed by atoms with van der Waals surface area (Å²) in [6, 6.07) is 11.8. The number of aryl methyl sites for hydroxylation is 1. The number of aromatic amines is 1. The standard InChI is InChI=1S/C22H22FN5O2/c1-14-7-8-16(11-17(14)23)25-21(29)15-5-4-10-28(13-15)22(30)20-12-19(26-27-20)18-6-2-3-9-24-18/h2-3,6-9,11-12,15H,4-5,10,13H2,1H3,(H,25,29)(H,26,27)/t15-/m1/s1. The second-order valence-corrected chi connectivity index (χ2v) is 7.43. The van der Waals surface area contributed by atoms with E-state index < -0.39 is 0 Å². The molecular formula is C22H22FN5O2. The number of anilines is 1. The van der Waals surface area contributed by atoms with E-state index >= 15 is 0 Å². The van der Waals surface area contributed by atoms with Crippen molar-refractivity contribution in [2.24, 2.45) is 5.92 Å². The Balaban J connectivity index is 1.42. The van der Waals surface area contributed by atoms with Crippen molar-refractivity contribution >= 4 is 17.5 Å². The second-order valence-electron chi connectivity index (χ2n) is 7.43. The lowest BCUT2D eigenvalue weighted by molar-refractivity contribution is -0.121. The molecule has 2 amide bonds. The zero-order valence-electron chi connectivity index (χ0n) is 16.6. The summed E-state index contributed by atoms with van der Waals surface area (Å²) in [4.78, 5) is 31.4. The van der Waals surface area contributed by atoms with E-state index in [1.54, 1.807) is 36.2 Å². The Morgan fingerprint density at radius 1 is 1.20 bits per heavy atom.